The Balaban J connectivity index is 1.48. The Labute approximate surface area is 181 Å². The highest BCUT2D eigenvalue weighted by atomic mass is 32.2. The lowest BCUT2D eigenvalue weighted by Gasteiger charge is -2.09. The molecule has 11 heteroatoms. The minimum absolute atomic E-state index is 0.0311. The Morgan fingerprint density at radius 2 is 1.97 bits per heavy atom. The molecule has 1 aromatic carbocycles. The second kappa shape index (κ2) is 9.37. The van der Waals surface area contributed by atoms with Crippen LogP contribution in [0.5, 0.6) is 0 Å². The van der Waals surface area contributed by atoms with Gasteiger partial charge in [-0.05, 0) is 55.8 Å². The lowest BCUT2D eigenvalue weighted by molar-refractivity contribution is -0.117. The van der Waals surface area contributed by atoms with Crippen LogP contribution in [-0.2, 0) is 4.79 Å². The fraction of sp³-hybridized carbons (Fsp3) is 0.316. The third-order valence-electron chi connectivity index (χ3n) is 4.13. The normalized spacial score (nSPS) is 13.1. The summed E-state index contributed by atoms with van der Waals surface area (Å²) in [6.07, 6.45) is 3.73. The lowest BCUT2D eigenvalue weighted by Crippen LogP contribution is -2.13. The molecule has 2 aromatic heterocycles. The number of aliphatic hydroxyl groups excluding tert-OH is 1. The minimum Gasteiger partial charge on any atom is -0.395 e. The first-order valence-corrected chi connectivity index (χ1v) is 11.1. The molecule has 0 atom stereocenters. The van der Waals surface area contributed by atoms with Crippen LogP contribution in [0, 0.1) is 12.8 Å². The Bertz CT molecular complexity index is 1020. The van der Waals surface area contributed by atoms with E-state index in [9.17, 15) is 4.79 Å². The molecule has 3 aromatic rings. The monoisotopic (exact) mass is 443 g/mol. The maximum atomic E-state index is 11.9. The zero-order chi connectivity index (χ0) is 20.9. The molecule has 0 radical (unpaired) electrons. The number of nitrogens with one attached hydrogen (secondary N) is 3. The van der Waals surface area contributed by atoms with Crippen molar-refractivity contribution in [1.29, 1.82) is 0 Å². The summed E-state index contributed by atoms with van der Waals surface area (Å²) in [6, 6.07) is 7.56. The van der Waals surface area contributed by atoms with E-state index in [0.717, 1.165) is 28.3 Å². The number of carbonyl (C=O) groups excluding carboxylic acids is 1. The van der Waals surface area contributed by atoms with Crippen LogP contribution in [0.25, 0.3) is 0 Å². The lowest BCUT2D eigenvalue weighted by atomic mass is 10.3. The van der Waals surface area contributed by atoms with Crippen molar-refractivity contribution in [2.45, 2.75) is 29.8 Å². The first-order chi connectivity index (χ1) is 14.6. The van der Waals surface area contributed by atoms with Crippen molar-refractivity contribution in [2.75, 3.05) is 29.1 Å². The number of benzene rings is 1. The molecule has 0 bridgehead atoms. The second-order valence-corrected chi connectivity index (χ2v) is 8.98. The summed E-state index contributed by atoms with van der Waals surface area (Å²) < 4.78 is 0. The molecule has 0 unspecified atom stereocenters. The predicted octanol–water partition coefficient (Wildman–Crippen LogP) is 3.28. The van der Waals surface area contributed by atoms with Gasteiger partial charge in [0.15, 0.2) is 10.3 Å². The van der Waals surface area contributed by atoms with E-state index in [-0.39, 0.29) is 18.4 Å². The van der Waals surface area contributed by atoms with Crippen molar-refractivity contribution in [1.82, 2.24) is 19.9 Å². The Morgan fingerprint density at radius 1 is 1.20 bits per heavy atom. The topological polar surface area (TPSA) is 125 Å². The van der Waals surface area contributed by atoms with E-state index in [4.69, 9.17) is 5.11 Å². The summed E-state index contributed by atoms with van der Waals surface area (Å²) >= 11 is 2.88. The average molecular weight is 444 g/mol. The zero-order valence-corrected chi connectivity index (χ0v) is 17.9. The quantitative estimate of drug-likeness (QED) is 0.394. The number of nitrogens with zero attached hydrogens (tertiary/aromatic N) is 4. The Morgan fingerprint density at radius 3 is 2.63 bits per heavy atom. The van der Waals surface area contributed by atoms with E-state index in [0.29, 0.717) is 28.7 Å². The number of aliphatic hydroxyl groups is 1. The SMILES string of the molecule is Cc1cnc(Nc2nc(NCCO)nc(Sc3ccc(NC(=O)C4CC4)cc3)n2)s1. The van der Waals surface area contributed by atoms with Crippen molar-refractivity contribution in [2.24, 2.45) is 5.92 Å². The van der Waals surface area contributed by atoms with Gasteiger partial charge in [0.05, 0.1) is 6.61 Å². The van der Waals surface area contributed by atoms with Gasteiger partial charge in [0, 0.05) is 34.1 Å². The summed E-state index contributed by atoms with van der Waals surface area (Å²) in [4.78, 5) is 31.4. The fourth-order valence-corrected chi connectivity index (χ4v) is 3.92. The molecule has 1 fully saturated rings. The van der Waals surface area contributed by atoms with Gasteiger partial charge in [0.1, 0.15) is 0 Å². The van der Waals surface area contributed by atoms with Gasteiger partial charge in [-0.2, -0.15) is 15.0 Å². The number of hydrogen-bond acceptors (Lipinski definition) is 10. The van der Waals surface area contributed by atoms with Crippen molar-refractivity contribution in [3.63, 3.8) is 0 Å². The maximum Gasteiger partial charge on any atom is 0.234 e. The molecule has 1 amide bonds. The van der Waals surface area contributed by atoms with E-state index in [1.165, 1.54) is 23.1 Å². The van der Waals surface area contributed by atoms with Gasteiger partial charge >= 0.3 is 0 Å². The highest BCUT2D eigenvalue weighted by Gasteiger charge is 2.29. The number of aryl methyl sites for hydroxylation is 1. The predicted molar refractivity (Wildman–Crippen MR) is 117 cm³/mol. The molecule has 0 aliphatic heterocycles. The molecule has 1 saturated carbocycles. The summed E-state index contributed by atoms with van der Waals surface area (Å²) in [5, 5.41) is 19.3. The average Bonchev–Trinajstić information content (AvgIpc) is 3.51. The van der Waals surface area contributed by atoms with E-state index in [1.807, 2.05) is 31.2 Å². The van der Waals surface area contributed by atoms with Gasteiger partial charge < -0.3 is 15.7 Å². The van der Waals surface area contributed by atoms with Gasteiger partial charge in [0.25, 0.3) is 0 Å². The largest absolute Gasteiger partial charge is 0.395 e. The molecular weight excluding hydrogens is 422 g/mol. The maximum absolute atomic E-state index is 11.9. The molecule has 30 heavy (non-hydrogen) atoms. The van der Waals surface area contributed by atoms with Crippen LogP contribution in [-0.4, -0.2) is 44.1 Å². The molecule has 4 rings (SSSR count). The van der Waals surface area contributed by atoms with Crippen LogP contribution in [0.2, 0.25) is 0 Å². The molecule has 1 aliphatic carbocycles. The number of amides is 1. The highest BCUT2D eigenvalue weighted by Crippen LogP contribution is 2.31. The molecule has 1 aliphatic rings. The van der Waals surface area contributed by atoms with Crippen LogP contribution in [0.3, 0.4) is 0 Å². The molecule has 4 N–H and O–H groups in total. The number of thiazole rings is 1. The van der Waals surface area contributed by atoms with E-state index < -0.39 is 0 Å². The van der Waals surface area contributed by atoms with Gasteiger partial charge in [0.2, 0.25) is 17.8 Å². The van der Waals surface area contributed by atoms with Crippen molar-refractivity contribution in [3.05, 3.63) is 35.3 Å². The third-order valence-corrected chi connectivity index (χ3v) is 5.83. The summed E-state index contributed by atoms with van der Waals surface area (Å²) in [7, 11) is 0. The van der Waals surface area contributed by atoms with Crippen LogP contribution in [0.15, 0.2) is 40.5 Å². The van der Waals surface area contributed by atoms with Crippen LogP contribution >= 0.6 is 23.1 Å². The molecule has 0 spiro atoms. The zero-order valence-electron chi connectivity index (χ0n) is 16.3. The number of hydrogen-bond donors (Lipinski definition) is 4. The first-order valence-electron chi connectivity index (χ1n) is 9.48. The van der Waals surface area contributed by atoms with E-state index in [2.05, 4.69) is 35.9 Å². The van der Waals surface area contributed by atoms with Gasteiger partial charge in [-0.3, -0.25) is 10.1 Å². The van der Waals surface area contributed by atoms with Crippen molar-refractivity contribution < 1.29 is 9.90 Å². The van der Waals surface area contributed by atoms with Crippen LogP contribution < -0.4 is 16.0 Å². The third kappa shape index (κ3) is 5.65. The van der Waals surface area contributed by atoms with Crippen molar-refractivity contribution >= 4 is 51.7 Å². The Kier molecular flexibility index (Phi) is 6.41. The van der Waals surface area contributed by atoms with Gasteiger partial charge in [-0.25, -0.2) is 4.98 Å². The highest BCUT2D eigenvalue weighted by molar-refractivity contribution is 7.99. The summed E-state index contributed by atoms with van der Waals surface area (Å²) in [5.41, 5.74) is 0.777. The van der Waals surface area contributed by atoms with Crippen LogP contribution in [0.4, 0.5) is 22.7 Å². The summed E-state index contributed by atoms with van der Waals surface area (Å²) in [5.74, 6) is 0.989. The number of carbonyl (C=O) groups is 1. The standard InChI is InChI=1S/C19H21N7O2S2/c1-11-10-21-18(29-11)25-17-23-16(20-8-9-27)24-19(26-17)30-14-6-4-13(5-7-14)22-15(28)12-2-3-12/h4-7,10,12,27H,2-3,8-9H2,1H3,(H,22,28)(H2,20,21,23,24,25,26). The van der Waals surface area contributed by atoms with E-state index in [1.54, 1.807) is 6.20 Å². The van der Waals surface area contributed by atoms with Crippen LogP contribution in [0.1, 0.15) is 17.7 Å². The Hall–Kier alpha value is -2.76. The molecule has 156 valence electrons. The van der Waals surface area contributed by atoms with E-state index >= 15 is 0 Å². The van der Waals surface area contributed by atoms with Gasteiger partial charge in [-0.1, -0.05) is 0 Å². The fourth-order valence-electron chi connectivity index (χ4n) is 2.51. The van der Waals surface area contributed by atoms with Gasteiger partial charge in [-0.15, -0.1) is 11.3 Å². The molecule has 0 saturated heterocycles. The first kappa shape index (κ1) is 20.5. The number of rotatable bonds is 9. The molecule has 2 heterocycles. The smallest absolute Gasteiger partial charge is 0.234 e. The summed E-state index contributed by atoms with van der Waals surface area (Å²) in [6.45, 7) is 2.28. The number of aromatic nitrogens is 4. The minimum atomic E-state index is -0.0311. The molecule has 9 nitrogen and oxygen atoms in total. The molecular formula is C19H21N7O2S2. The van der Waals surface area contributed by atoms with Crippen molar-refractivity contribution in [3.8, 4) is 0 Å². The number of anilines is 4. The second-order valence-electron chi connectivity index (χ2n) is 6.71.